The monoisotopic (exact) mass is 357 g/mol. The molecule has 7 heteroatoms. The number of H-pyrrole nitrogens is 1. The van der Waals surface area contributed by atoms with E-state index in [4.69, 9.17) is 11.6 Å². The second-order valence-electron chi connectivity index (χ2n) is 5.84. The van der Waals surface area contributed by atoms with Gasteiger partial charge in [0.1, 0.15) is 11.0 Å². The summed E-state index contributed by atoms with van der Waals surface area (Å²) in [5, 5.41) is 7.59. The van der Waals surface area contributed by atoms with E-state index in [1.807, 2.05) is 31.2 Å². The van der Waals surface area contributed by atoms with Crippen molar-refractivity contribution in [1.29, 1.82) is 0 Å². The van der Waals surface area contributed by atoms with Crippen LogP contribution in [0.3, 0.4) is 0 Å². The van der Waals surface area contributed by atoms with E-state index in [2.05, 4.69) is 20.4 Å². The van der Waals surface area contributed by atoms with Crippen LogP contribution < -0.4 is 5.32 Å². The number of halogens is 1. The number of nitrogens with one attached hydrogen (secondary N) is 2. The largest absolute Gasteiger partial charge is 0.353 e. The highest BCUT2D eigenvalue weighted by Crippen LogP contribution is 2.19. The first kappa shape index (κ1) is 17.2. The topological polar surface area (TPSA) is 75.6 Å². The Labute approximate surface area is 150 Å². The lowest BCUT2D eigenvalue weighted by Gasteiger charge is -2.01. The van der Waals surface area contributed by atoms with Gasteiger partial charge >= 0.3 is 0 Å². The zero-order chi connectivity index (χ0) is 17.8. The molecule has 0 aliphatic carbocycles. The fourth-order valence-electron chi connectivity index (χ4n) is 2.65. The summed E-state index contributed by atoms with van der Waals surface area (Å²) in [5.74, 6) is 0.785. The van der Waals surface area contributed by atoms with Gasteiger partial charge in [0.05, 0.1) is 16.7 Å². The lowest BCUT2D eigenvalue weighted by atomic mass is 10.2. The van der Waals surface area contributed by atoms with E-state index < -0.39 is 0 Å². The summed E-state index contributed by atoms with van der Waals surface area (Å²) in [5.41, 5.74) is 3.56. The number of hydrogen-bond donors (Lipinski definition) is 2. The third kappa shape index (κ3) is 4.09. The second kappa shape index (κ2) is 7.53. The number of nitrogens with zero attached hydrogens (tertiary/aromatic N) is 3. The van der Waals surface area contributed by atoms with Crippen LogP contribution in [0.4, 0.5) is 0 Å². The summed E-state index contributed by atoms with van der Waals surface area (Å²) in [7, 11) is 1.77. The Bertz CT molecular complexity index is 892. The third-order valence-corrected chi connectivity index (χ3v) is 4.37. The molecular weight excluding hydrogens is 338 g/mol. The molecule has 0 unspecified atom stereocenters. The maximum atomic E-state index is 11.9. The molecule has 0 saturated carbocycles. The Morgan fingerprint density at radius 2 is 2.20 bits per heavy atom. The highest BCUT2D eigenvalue weighted by Gasteiger charge is 2.08. The van der Waals surface area contributed by atoms with Crippen LogP contribution >= 0.6 is 11.6 Å². The molecule has 0 atom stereocenters. The Hall–Kier alpha value is -2.60. The number of carbonyl (C=O) groups is 1. The number of fused-ring (bicyclic) bond motifs is 1. The molecule has 2 aromatic heterocycles. The van der Waals surface area contributed by atoms with Gasteiger partial charge in [0, 0.05) is 31.7 Å². The van der Waals surface area contributed by atoms with Crippen LogP contribution in [-0.4, -0.2) is 32.2 Å². The zero-order valence-electron chi connectivity index (χ0n) is 14.2. The summed E-state index contributed by atoms with van der Waals surface area (Å²) in [6.07, 6.45) is 4.77. The van der Waals surface area contributed by atoms with Crippen LogP contribution in [0, 0.1) is 6.92 Å². The van der Waals surface area contributed by atoms with Crippen LogP contribution in [-0.2, 0) is 18.3 Å². The van der Waals surface area contributed by atoms with E-state index in [0.717, 1.165) is 41.0 Å². The van der Waals surface area contributed by atoms with Gasteiger partial charge in [0.15, 0.2) is 0 Å². The van der Waals surface area contributed by atoms with Gasteiger partial charge < -0.3 is 10.3 Å². The first-order valence-electron chi connectivity index (χ1n) is 8.13. The fourth-order valence-corrected chi connectivity index (χ4v) is 2.88. The molecule has 0 bridgehead atoms. The normalized spacial score (nSPS) is 11.5. The average molecular weight is 358 g/mol. The minimum atomic E-state index is -0.149. The minimum Gasteiger partial charge on any atom is -0.353 e. The van der Waals surface area contributed by atoms with Gasteiger partial charge in [-0.2, -0.15) is 5.10 Å². The minimum absolute atomic E-state index is 0.149. The van der Waals surface area contributed by atoms with Gasteiger partial charge in [-0.1, -0.05) is 23.7 Å². The van der Waals surface area contributed by atoms with Crippen LogP contribution in [0.25, 0.3) is 17.1 Å². The first-order chi connectivity index (χ1) is 12.0. The van der Waals surface area contributed by atoms with E-state index in [-0.39, 0.29) is 5.91 Å². The molecule has 3 aromatic rings. The Kier molecular flexibility index (Phi) is 5.19. The number of imidazole rings is 1. The van der Waals surface area contributed by atoms with Crippen LogP contribution in [0.15, 0.2) is 30.3 Å². The van der Waals surface area contributed by atoms with E-state index >= 15 is 0 Å². The molecule has 2 heterocycles. The molecule has 0 aliphatic rings. The van der Waals surface area contributed by atoms with Crippen LogP contribution in [0.1, 0.15) is 23.5 Å². The van der Waals surface area contributed by atoms with Gasteiger partial charge in [-0.05, 0) is 31.6 Å². The SMILES string of the molecule is Cc1nn(C)c(Cl)c1/C=C/C(=O)NCCCc1nc2ccccc2[nH]1. The third-order valence-electron chi connectivity index (χ3n) is 3.93. The standard InChI is InChI=1S/C18H20ClN5O/c1-12-13(18(19)24(2)23-12)9-10-17(25)20-11-5-8-16-21-14-6-3-4-7-15(14)22-16/h3-4,6-7,9-10H,5,8,11H2,1-2H3,(H,20,25)(H,21,22)/b10-9+. The van der Waals surface area contributed by atoms with Crippen LogP contribution in [0.2, 0.25) is 5.15 Å². The number of para-hydroxylation sites is 2. The molecular formula is C18H20ClN5O. The van der Waals surface area contributed by atoms with Gasteiger partial charge in [0.25, 0.3) is 0 Å². The highest BCUT2D eigenvalue weighted by molar-refractivity contribution is 6.31. The molecule has 0 radical (unpaired) electrons. The van der Waals surface area contributed by atoms with Crippen molar-refractivity contribution in [1.82, 2.24) is 25.1 Å². The number of rotatable bonds is 6. The first-order valence-corrected chi connectivity index (χ1v) is 8.51. The van der Waals surface area contributed by atoms with E-state index in [1.54, 1.807) is 17.8 Å². The molecule has 0 spiro atoms. The van der Waals surface area contributed by atoms with Crippen molar-refractivity contribution >= 4 is 34.6 Å². The fraction of sp³-hybridized carbons (Fsp3) is 0.278. The molecule has 3 rings (SSSR count). The van der Waals surface area contributed by atoms with Gasteiger partial charge in [-0.3, -0.25) is 9.48 Å². The molecule has 0 saturated heterocycles. The maximum absolute atomic E-state index is 11.9. The number of aryl methyl sites for hydroxylation is 3. The van der Waals surface area contributed by atoms with Crippen molar-refractivity contribution in [2.45, 2.75) is 19.8 Å². The zero-order valence-corrected chi connectivity index (χ0v) is 15.0. The van der Waals surface area contributed by atoms with Gasteiger partial charge in [-0.15, -0.1) is 0 Å². The molecule has 25 heavy (non-hydrogen) atoms. The number of aromatic amines is 1. The summed E-state index contributed by atoms with van der Waals surface area (Å²) in [6.45, 7) is 2.44. The lowest BCUT2D eigenvalue weighted by Crippen LogP contribution is -2.22. The Balaban J connectivity index is 1.47. The van der Waals surface area contributed by atoms with E-state index in [0.29, 0.717) is 11.7 Å². The number of benzene rings is 1. The second-order valence-corrected chi connectivity index (χ2v) is 6.20. The van der Waals surface area contributed by atoms with Gasteiger partial charge in [0.2, 0.25) is 5.91 Å². The molecule has 2 N–H and O–H groups in total. The smallest absolute Gasteiger partial charge is 0.244 e. The highest BCUT2D eigenvalue weighted by atomic mass is 35.5. The predicted octanol–water partition coefficient (Wildman–Crippen LogP) is 3.02. The quantitative estimate of drug-likeness (QED) is 0.526. The van der Waals surface area contributed by atoms with Crippen molar-refractivity contribution in [2.24, 2.45) is 7.05 Å². The summed E-state index contributed by atoms with van der Waals surface area (Å²) in [6, 6.07) is 7.93. The average Bonchev–Trinajstić information content (AvgIpc) is 3.11. The number of amides is 1. The number of carbonyl (C=O) groups excluding carboxylic acids is 1. The molecule has 0 aliphatic heterocycles. The summed E-state index contributed by atoms with van der Waals surface area (Å²) in [4.78, 5) is 19.7. The Morgan fingerprint density at radius 1 is 1.40 bits per heavy atom. The van der Waals surface area contributed by atoms with Crippen molar-refractivity contribution in [2.75, 3.05) is 6.54 Å². The van der Waals surface area contributed by atoms with E-state index in [9.17, 15) is 4.79 Å². The van der Waals surface area contributed by atoms with Crippen LogP contribution in [0.5, 0.6) is 0 Å². The van der Waals surface area contributed by atoms with Crippen molar-refractivity contribution in [3.8, 4) is 0 Å². The van der Waals surface area contributed by atoms with Gasteiger partial charge in [-0.25, -0.2) is 4.98 Å². The lowest BCUT2D eigenvalue weighted by molar-refractivity contribution is -0.116. The number of aromatic nitrogens is 4. The van der Waals surface area contributed by atoms with Crippen molar-refractivity contribution in [3.63, 3.8) is 0 Å². The number of hydrogen-bond acceptors (Lipinski definition) is 3. The predicted molar refractivity (Wildman–Crippen MR) is 99.4 cm³/mol. The molecule has 1 aromatic carbocycles. The van der Waals surface area contributed by atoms with Crippen molar-refractivity contribution in [3.05, 3.63) is 52.6 Å². The summed E-state index contributed by atoms with van der Waals surface area (Å²) >= 11 is 6.13. The van der Waals surface area contributed by atoms with Crippen molar-refractivity contribution < 1.29 is 4.79 Å². The maximum Gasteiger partial charge on any atom is 0.244 e. The molecule has 6 nitrogen and oxygen atoms in total. The summed E-state index contributed by atoms with van der Waals surface area (Å²) < 4.78 is 1.59. The van der Waals surface area contributed by atoms with E-state index in [1.165, 1.54) is 6.08 Å². The Morgan fingerprint density at radius 3 is 2.92 bits per heavy atom. The molecule has 130 valence electrons. The molecule has 0 fully saturated rings. The molecule has 1 amide bonds.